The van der Waals surface area contributed by atoms with Gasteiger partial charge in [-0.25, -0.2) is 9.97 Å². The quantitative estimate of drug-likeness (QED) is 0.312. The predicted molar refractivity (Wildman–Crippen MR) is 139 cm³/mol. The second-order valence-corrected chi connectivity index (χ2v) is 10.1. The first-order chi connectivity index (χ1) is 17.6. The van der Waals surface area contributed by atoms with Crippen molar-refractivity contribution in [1.82, 2.24) is 24.8 Å². The van der Waals surface area contributed by atoms with Crippen LogP contribution in [0.5, 0.6) is 0 Å². The molecule has 0 unspecified atom stereocenters. The van der Waals surface area contributed by atoms with Gasteiger partial charge in [0.05, 0.1) is 17.1 Å². The second-order valence-electron chi connectivity index (χ2n) is 9.20. The maximum Gasteiger partial charge on any atom is 0.298 e. The second kappa shape index (κ2) is 10.9. The Hall–Kier alpha value is -3.70. The molecule has 2 aliphatic rings. The highest BCUT2D eigenvalue weighted by molar-refractivity contribution is 7.99. The van der Waals surface area contributed by atoms with Gasteiger partial charge in [-0.1, -0.05) is 41.9 Å². The molecule has 0 N–H and O–H groups in total. The van der Waals surface area contributed by atoms with Crippen molar-refractivity contribution < 1.29 is 9.59 Å². The van der Waals surface area contributed by atoms with E-state index in [1.165, 1.54) is 11.8 Å². The Balaban J connectivity index is 1.11. The zero-order valence-electron chi connectivity index (χ0n) is 20.0. The molecule has 36 heavy (non-hydrogen) atoms. The fourth-order valence-electron chi connectivity index (χ4n) is 4.75. The van der Waals surface area contributed by atoms with Crippen molar-refractivity contribution in [2.45, 2.75) is 24.4 Å². The molecule has 2 aliphatic heterocycles. The van der Waals surface area contributed by atoms with Crippen LogP contribution in [0.4, 0.5) is 0 Å². The van der Waals surface area contributed by atoms with Crippen LogP contribution in [0.15, 0.2) is 72.1 Å². The fourth-order valence-corrected chi connectivity index (χ4v) is 5.48. The SMILES string of the molecule is O=C(C#Cc1ccccc1)N1CCC2(CC1)CCN(C(=O)CSc1nccc(-c3ccccn3)n1)C2. The Morgan fingerprint density at radius 3 is 2.36 bits per heavy atom. The molecule has 0 atom stereocenters. The minimum Gasteiger partial charge on any atom is -0.341 e. The number of rotatable bonds is 4. The number of likely N-dealkylation sites (tertiary alicyclic amines) is 2. The third kappa shape index (κ3) is 5.74. The number of hydrogen-bond donors (Lipinski definition) is 0. The Labute approximate surface area is 215 Å². The molecule has 3 aromatic rings. The third-order valence-corrected chi connectivity index (χ3v) is 7.72. The van der Waals surface area contributed by atoms with E-state index in [4.69, 9.17) is 0 Å². The molecule has 0 radical (unpaired) electrons. The maximum atomic E-state index is 12.9. The van der Waals surface area contributed by atoms with Crippen LogP contribution in [0.2, 0.25) is 0 Å². The molecule has 5 rings (SSSR count). The zero-order chi connectivity index (χ0) is 24.8. The van der Waals surface area contributed by atoms with E-state index in [9.17, 15) is 9.59 Å². The van der Waals surface area contributed by atoms with Crippen molar-refractivity contribution in [2.24, 2.45) is 5.41 Å². The zero-order valence-corrected chi connectivity index (χ0v) is 20.8. The van der Waals surface area contributed by atoms with Crippen LogP contribution in [0.25, 0.3) is 11.4 Å². The number of amides is 2. The number of hydrogen-bond acceptors (Lipinski definition) is 6. The maximum absolute atomic E-state index is 12.9. The van der Waals surface area contributed by atoms with Crippen molar-refractivity contribution in [1.29, 1.82) is 0 Å². The summed E-state index contributed by atoms with van der Waals surface area (Å²) >= 11 is 1.36. The summed E-state index contributed by atoms with van der Waals surface area (Å²) in [6.07, 6.45) is 6.21. The predicted octanol–water partition coefficient (Wildman–Crippen LogP) is 3.52. The van der Waals surface area contributed by atoms with Crippen molar-refractivity contribution in [3.63, 3.8) is 0 Å². The first kappa shape index (κ1) is 24.0. The number of piperidine rings is 1. The number of benzene rings is 1. The van der Waals surface area contributed by atoms with Gasteiger partial charge in [-0.3, -0.25) is 14.6 Å². The summed E-state index contributed by atoms with van der Waals surface area (Å²) in [5.74, 6) is 6.02. The molecule has 7 nitrogen and oxygen atoms in total. The highest BCUT2D eigenvalue weighted by Gasteiger charge is 2.42. The molecule has 182 valence electrons. The average molecular weight is 498 g/mol. The van der Waals surface area contributed by atoms with Crippen molar-refractivity contribution in [3.05, 3.63) is 72.6 Å². The van der Waals surface area contributed by atoms with E-state index in [1.54, 1.807) is 12.4 Å². The molecular weight excluding hydrogens is 470 g/mol. The van der Waals surface area contributed by atoms with Gasteiger partial charge in [0.2, 0.25) is 5.91 Å². The van der Waals surface area contributed by atoms with Gasteiger partial charge in [0.15, 0.2) is 5.16 Å². The monoisotopic (exact) mass is 497 g/mol. The number of carbonyl (C=O) groups is 2. The lowest BCUT2D eigenvalue weighted by atomic mass is 9.78. The van der Waals surface area contributed by atoms with E-state index in [0.29, 0.717) is 24.0 Å². The molecule has 1 spiro atoms. The van der Waals surface area contributed by atoms with E-state index in [-0.39, 0.29) is 17.2 Å². The van der Waals surface area contributed by atoms with E-state index in [1.807, 2.05) is 64.4 Å². The first-order valence-corrected chi connectivity index (χ1v) is 13.1. The summed E-state index contributed by atoms with van der Waals surface area (Å²) in [5.41, 5.74) is 2.47. The van der Waals surface area contributed by atoms with Crippen LogP contribution >= 0.6 is 11.8 Å². The summed E-state index contributed by atoms with van der Waals surface area (Å²) < 4.78 is 0. The number of pyridine rings is 1. The minimum atomic E-state index is -0.121. The topological polar surface area (TPSA) is 79.3 Å². The molecule has 2 amide bonds. The number of thioether (sulfide) groups is 1. The first-order valence-electron chi connectivity index (χ1n) is 12.1. The normalized spacial score (nSPS) is 16.4. The highest BCUT2D eigenvalue weighted by atomic mass is 32.2. The number of carbonyl (C=O) groups excluding carboxylic acids is 2. The third-order valence-electron chi connectivity index (χ3n) is 6.88. The molecule has 2 fully saturated rings. The minimum absolute atomic E-state index is 0.0966. The van der Waals surface area contributed by atoms with Gasteiger partial charge in [-0.15, -0.1) is 0 Å². The summed E-state index contributed by atoms with van der Waals surface area (Å²) in [6.45, 7) is 2.88. The van der Waals surface area contributed by atoms with Gasteiger partial charge in [-0.05, 0) is 55.0 Å². The summed E-state index contributed by atoms with van der Waals surface area (Å²) in [7, 11) is 0. The number of nitrogens with zero attached hydrogens (tertiary/aromatic N) is 5. The van der Waals surface area contributed by atoms with Crippen LogP contribution < -0.4 is 0 Å². The lowest BCUT2D eigenvalue weighted by Crippen LogP contribution is -2.44. The molecule has 0 bridgehead atoms. The van der Waals surface area contributed by atoms with Gasteiger partial charge < -0.3 is 9.80 Å². The molecule has 1 aromatic carbocycles. The number of aromatic nitrogens is 3. The Bertz CT molecular complexity index is 1280. The van der Waals surface area contributed by atoms with Gasteiger partial charge in [-0.2, -0.15) is 0 Å². The van der Waals surface area contributed by atoms with Gasteiger partial charge >= 0.3 is 0 Å². The molecule has 0 saturated carbocycles. The fraction of sp³-hybridized carbons (Fsp3) is 0.321. The van der Waals surface area contributed by atoms with E-state index in [2.05, 4.69) is 26.8 Å². The average Bonchev–Trinajstić information content (AvgIpc) is 3.35. The molecule has 0 aliphatic carbocycles. The van der Waals surface area contributed by atoms with Crippen molar-refractivity contribution in [2.75, 3.05) is 31.9 Å². The molecule has 8 heteroatoms. The molecular formula is C28H27N5O2S. The summed E-state index contributed by atoms with van der Waals surface area (Å²) in [6, 6.07) is 17.1. The van der Waals surface area contributed by atoms with E-state index < -0.39 is 0 Å². The van der Waals surface area contributed by atoms with Crippen molar-refractivity contribution >= 4 is 23.6 Å². The van der Waals surface area contributed by atoms with E-state index in [0.717, 1.165) is 49.3 Å². The standard InChI is InChI=1S/C28H27N5O2S/c34-25(10-9-22-6-2-1-3-7-22)32-17-12-28(13-18-32)14-19-33(21-28)26(35)20-36-27-30-16-11-24(31-27)23-8-4-5-15-29-23/h1-8,11,15-16H,12-14,17-21H2. The van der Waals surface area contributed by atoms with Crippen LogP contribution in [-0.4, -0.2) is 68.5 Å². The van der Waals surface area contributed by atoms with Gasteiger partial charge in [0, 0.05) is 50.1 Å². The van der Waals surface area contributed by atoms with Gasteiger partial charge in [0.25, 0.3) is 5.91 Å². The lowest BCUT2D eigenvalue weighted by Gasteiger charge is -2.38. The van der Waals surface area contributed by atoms with Crippen LogP contribution in [0.3, 0.4) is 0 Å². The molecule has 2 saturated heterocycles. The Morgan fingerprint density at radius 1 is 0.861 bits per heavy atom. The smallest absolute Gasteiger partial charge is 0.298 e. The molecule has 2 aromatic heterocycles. The van der Waals surface area contributed by atoms with Crippen LogP contribution in [0.1, 0.15) is 24.8 Å². The van der Waals surface area contributed by atoms with E-state index >= 15 is 0 Å². The summed E-state index contributed by atoms with van der Waals surface area (Å²) in [5, 5.41) is 0.573. The summed E-state index contributed by atoms with van der Waals surface area (Å²) in [4.78, 5) is 42.5. The highest BCUT2D eigenvalue weighted by Crippen LogP contribution is 2.40. The van der Waals surface area contributed by atoms with Crippen LogP contribution in [0, 0.1) is 17.3 Å². The van der Waals surface area contributed by atoms with Crippen molar-refractivity contribution in [3.8, 4) is 23.2 Å². The van der Waals surface area contributed by atoms with Crippen LogP contribution in [-0.2, 0) is 9.59 Å². The lowest BCUT2D eigenvalue weighted by molar-refractivity contribution is -0.129. The largest absolute Gasteiger partial charge is 0.341 e. The Kier molecular flexibility index (Phi) is 7.28. The van der Waals surface area contributed by atoms with Gasteiger partial charge in [0.1, 0.15) is 0 Å². The Morgan fingerprint density at radius 2 is 1.61 bits per heavy atom. The molecule has 4 heterocycles.